The number of imide groups is 1. The van der Waals surface area contributed by atoms with E-state index in [1.165, 1.54) is 11.9 Å². The molecule has 3 atom stereocenters. The van der Waals surface area contributed by atoms with Crippen molar-refractivity contribution in [2.45, 2.75) is 18.2 Å². The molecule has 0 aromatic carbocycles. The molecule has 5 nitrogen and oxygen atoms in total. The van der Waals surface area contributed by atoms with Crippen LogP contribution in [0.5, 0.6) is 0 Å². The first kappa shape index (κ1) is 9.06. The molecule has 2 bridgehead atoms. The van der Waals surface area contributed by atoms with Crippen molar-refractivity contribution >= 4 is 11.8 Å². The molecule has 5 heteroatoms. The summed E-state index contributed by atoms with van der Waals surface area (Å²) >= 11 is 0. The number of nitrogens with zero attached hydrogens (tertiary/aromatic N) is 1. The van der Waals surface area contributed by atoms with Gasteiger partial charge in [-0.1, -0.05) is 6.08 Å². The molecule has 3 heterocycles. The van der Waals surface area contributed by atoms with E-state index in [1.54, 1.807) is 0 Å². The second-order valence-electron chi connectivity index (χ2n) is 4.28. The minimum absolute atomic E-state index is 0.0844. The summed E-state index contributed by atoms with van der Waals surface area (Å²) in [5.41, 5.74) is -0.581. The third-order valence-corrected chi connectivity index (χ3v) is 3.45. The van der Waals surface area contributed by atoms with Gasteiger partial charge in [0.15, 0.2) is 0 Å². The first-order chi connectivity index (χ1) is 7.12. The van der Waals surface area contributed by atoms with Gasteiger partial charge in [-0.05, 0) is 6.08 Å². The Balaban J connectivity index is 1.93. The van der Waals surface area contributed by atoms with Crippen molar-refractivity contribution < 1.29 is 14.3 Å². The van der Waals surface area contributed by atoms with E-state index in [4.69, 9.17) is 4.74 Å². The van der Waals surface area contributed by atoms with Gasteiger partial charge in [0, 0.05) is 20.0 Å². The van der Waals surface area contributed by atoms with Crippen LogP contribution in [0.1, 0.15) is 6.42 Å². The van der Waals surface area contributed by atoms with Crippen molar-refractivity contribution in [3.8, 4) is 0 Å². The Labute approximate surface area is 87.1 Å². The molecule has 0 aliphatic carbocycles. The van der Waals surface area contributed by atoms with E-state index < -0.39 is 5.60 Å². The zero-order valence-electron chi connectivity index (χ0n) is 8.40. The van der Waals surface area contributed by atoms with Gasteiger partial charge in [-0.25, -0.2) is 0 Å². The highest BCUT2D eigenvalue weighted by Gasteiger charge is 2.55. The molecule has 3 rings (SSSR count). The Hall–Kier alpha value is -1.20. The summed E-state index contributed by atoms with van der Waals surface area (Å²) in [7, 11) is 1.53. The molecule has 0 aromatic heterocycles. The lowest BCUT2D eigenvalue weighted by atomic mass is 9.85. The smallest absolute Gasteiger partial charge is 0.235 e. The predicted octanol–water partition coefficient (Wildman–Crippen LogP) is -0.754. The fourth-order valence-corrected chi connectivity index (χ4v) is 2.49. The molecule has 0 saturated carbocycles. The average molecular weight is 208 g/mol. The normalized spacial score (nSPS) is 43.4. The van der Waals surface area contributed by atoms with E-state index in [1.807, 2.05) is 12.2 Å². The Bertz CT molecular complexity index is 379. The first-order valence-electron chi connectivity index (χ1n) is 5.03. The van der Waals surface area contributed by atoms with E-state index in [0.717, 1.165) is 0 Å². The van der Waals surface area contributed by atoms with Gasteiger partial charge in [-0.3, -0.25) is 19.8 Å². The molecule has 80 valence electrons. The van der Waals surface area contributed by atoms with Crippen LogP contribution in [0.3, 0.4) is 0 Å². The molecule has 0 aromatic rings. The van der Waals surface area contributed by atoms with Crippen LogP contribution < -0.4 is 5.32 Å². The van der Waals surface area contributed by atoms with Gasteiger partial charge >= 0.3 is 0 Å². The summed E-state index contributed by atoms with van der Waals surface area (Å²) in [4.78, 5) is 24.5. The maximum atomic E-state index is 11.8. The summed E-state index contributed by atoms with van der Waals surface area (Å²) in [5.74, 6) is -0.605. The van der Waals surface area contributed by atoms with Crippen LogP contribution in [0.2, 0.25) is 0 Å². The molecule has 2 amide bonds. The largest absolute Gasteiger partial charge is 0.347 e. The third kappa shape index (κ3) is 1.04. The van der Waals surface area contributed by atoms with Gasteiger partial charge in [0.2, 0.25) is 11.8 Å². The minimum atomic E-state index is -0.581. The zero-order chi connectivity index (χ0) is 10.6. The number of nitrogens with one attached hydrogen (secondary N) is 1. The molecule has 3 unspecified atom stereocenters. The molecule has 3 aliphatic heterocycles. The number of carbonyl (C=O) groups is 2. The summed E-state index contributed by atoms with van der Waals surface area (Å²) in [6, 6.07) is 0. The molecule has 1 N–H and O–H groups in total. The molecule has 0 spiro atoms. The summed E-state index contributed by atoms with van der Waals surface area (Å²) in [6.45, 7) is 0.617. The number of likely N-dealkylation sites (tertiary alicyclic amines) is 1. The van der Waals surface area contributed by atoms with Crippen LogP contribution in [0.15, 0.2) is 12.2 Å². The second kappa shape index (κ2) is 2.68. The highest BCUT2D eigenvalue weighted by molar-refractivity contribution is 6.04. The van der Waals surface area contributed by atoms with Crippen molar-refractivity contribution in [1.29, 1.82) is 0 Å². The van der Waals surface area contributed by atoms with E-state index in [2.05, 4.69) is 5.32 Å². The Morgan fingerprint density at radius 2 is 2.40 bits per heavy atom. The lowest BCUT2D eigenvalue weighted by Crippen LogP contribution is -2.43. The van der Waals surface area contributed by atoms with Gasteiger partial charge in [0.1, 0.15) is 11.8 Å². The van der Waals surface area contributed by atoms with Crippen LogP contribution in [0.25, 0.3) is 0 Å². The van der Waals surface area contributed by atoms with Crippen molar-refractivity contribution in [3.05, 3.63) is 12.2 Å². The van der Waals surface area contributed by atoms with Gasteiger partial charge in [-0.15, -0.1) is 0 Å². The van der Waals surface area contributed by atoms with Crippen LogP contribution in [0.4, 0.5) is 0 Å². The molecular formula is C10H12N2O3. The van der Waals surface area contributed by atoms with Crippen LogP contribution >= 0.6 is 0 Å². The Kier molecular flexibility index (Phi) is 1.62. The van der Waals surface area contributed by atoms with Gasteiger partial charge < -0.3 is 4.74 Å². The maximum Gasteiger partial charge on any atom is 0.235 e. The molecule has 3 aliphatic rings. The fraction of sp³-hybridized carbons (Fsp3) is 0.600. The highest BCUT2D eigenvalue weighted by atomic mass is 16.5. The van der Waals surface area contributed by atoms with Crippen LogP contribution in [0, 0.1) is 5.92 Å². The molecule has 2 fully saturated rings. The van der Waals surface area contributed by atoms with Crippen LogP contribution in [-0.2, 0) is 14.3 Å². The number of hydrogen-bond donors (Lipinski definition) is 1. The van der Waals surface area contributed by atoms with Crippen molar-refractivity contribution in [2.75, 3.05) is 13.6 Å². The molecule has 15 heavy (non-hydrogen) atoms. The van der Waals surface area contributed by atoms with Crippen molar-refractivity contribution in [3.63, 3.8) is 0 Å². The van der Waals surface area contributed by atoms with E-state index >= 15 is 0 Å². The van der Waals surface area contributed by atoms with E-state index in [0.29, 0.717) is 6.54 Å². The number of carbonyl (C=O) groups excluding carboxylic acids is 2. The SMILES string of the molecule is CN1C(=O)CC(C23C=CC(NC2)O3)C1=O. The quantitative estimate of drug-likeness (QED) is 0.455. The monoisotopic (exact) mass is 208 g/mol. The molecule has 0 radical (unpaired) electrons. The summed E-state index contributed by atoms with van der Waals surface area (Å²) in [5, 5.41) is 3.13. The van der Waals surface area contributed by atoms with Gasteiger partial charge in [0.25, 0.3) is 0 Å². The standard InChI is InChI=1S/C10H12N2O3/c1-12-8(13)4-6(9(12)14)10-3-2-7(15-10)11-5-10/h2-3,6-7,11H,4-5H2,1H3. The minimum Gasteiger partial charge on any atom is -0.347 e. The molecule has 2 saturated heterocycles. The zero-order valence-corrected chi connectivity index (χ0v) is 8.40. The lowest BCUT2D eigenvalue weighted by Gasteiger charge is -2.26. The first-order valence-corrected chi connectivity index (χ1v) is 5.03. The number of fused-ring (bicyclic) bond motifs is 2. The van der Waals surface area contributed by atoms with E-state index in [-0.39, 0.29) is 30.4 Å². The fourth-order valence-electron chi connectivity index (χ4n) is 2.49. The number of amides is 2. The average Bonchev–Trinajstić information content (AvgIpc) is 2.89. The van der Waals surface area contributed by atoms with E-state index in [9.17, 15) is 9.59 Å². The predicted molar refractivity (Wildman–Crippen MR) is 50.6 cm³/mol. The maximum absolute atomic E-state index is 11.8. The Morgan fingerprint density at radius 3 is 2.80 bits per heavy atom. The van der Waals surface area contributed by atoms with Gasteiger partial charge in [0.05, 0.1) is 5.92 Å². The number of ether oxygens (including phenoxy) is 1. The van der Waals surface area contributed by atoms with Gasteiger partial charge in [-0.2, -0.15) is 0 Å². The van der Waals surface area contributed by atoms with Crippen molar-refractivity contribution in [2.24, 2.45) is 5.92 Å². The topological polar surface area (TPSA) is 58.6 Å². The Morgan fingerprint density at radius 1 is 1.60 bits per heavy atom. The lowest BCUT2D eigenvalue weighted by molar-refractivity contribution is -0.140. The number of rotatable bonds is 1. The molecular weight excluding hydrogens is 196 g/mol. The summed E-state index contributed by atoms with van der Waals surface area (Å²) < 4.78 is 5.69. The summed E-state index contributed by atoms with van der Waals surface area (Å²) in [6.07, 6.45) is 4.00. The second-order valence-corrected chi connectivity index (χ2v) is 4.28. The van der Waals surface area contributed by atoms with Crippen LogP contribution in [-0.4, -0.2) is 42.1 Å². The highest BCUT2D eigenvalue weighted by Crippen LogP contribution is 2.39. The number of hydrogen-bond acceptors (Lipinski definition) is 4. The van der Waals surface area contributed by atoms with Crippen molar-refractivity contribution in [1.82, 2.24) is 10.2 Å². The third-order valence-electron chi connectivity index (χ3n) is 3.45.